The lowest BCUT2D eigenvalue weighted by Crippen LogP contribution is -2.38. The standard InChI is InChI=1S/C16H35NO/c1-4-6-7-8-9-10-11-12-13-16(3,18)15-17-14-5-2/h17-18H,4-15H2,1-3H3. The van der Waals surface area contributed by atoms with E-state index in [2.05, 4.69) is 19.2 Å². The molecule has 0 heterocycles. The molecular formula is C16H35NO. The van der Waals surface area contributed by atoms with Crippen molar-refractivity contribution in [2.45, 2.75) is 90.6 Å². The summed E-state index contributed by atoms with van der Waals surface area (Å²) in [7, 11) is 0. The van der Waals surface area contributed by atoms with E-state index in [-0.39, 0.29) is 0 Å². The highest BCUT2D eigenvalue weighted by Crippen LogP contribution is 2.15. The van der Waals surface area contributed by atoms with Gasteiger partial charge in [-0.2, -0.15) is 0 Å². The molecule has 0 fully saturated rings. The van der Waals surface area contributed by atoms with Gasteiger partial charge in [-0.05, 0) is 26.3 Å². The third-order valence-corrected chi connectivity index (χ3v) is 3.50. The van der Waals surface area contributed by atoms with Crippen molar-refractivity contribution in [2.24, 2.45) is 0 Å². The monoisotopic (exact) mass is 257 g/mol. The molecule has 0 rings (SSSR count). The molecular weight excluding hydrogens is 222 g/mol. The van der Waals surface area contributed by atoms with E-state index in [4.69, 9.17) is 0 Å². The van der Waals surface area contributed by atoms with Crippen LogP contribution in [0.5, 0.6) is 0 Å². The topological polar surface area (TPSA) is 32.3 Å². The molecule has 0 aromatic heterocycles. The summed E-state index contributed by atoms with van der Waals surface area (Å²) < 4.78 is 0. The van der Waals surface area contributed by atoms with Gasteiger partial charge in [0.2, 0.25) is 0 Å². The van der Waals surface area contributed by atoms with Gasteiger partial charge in [0, 0.05) is 6.54 Å². The fourth-order valence-corrected chi connectivity index (χ4v) is 2.26. The quantitative estimate of drug-likeness (QED) is 0.483. The summed E-state index contributed by atoms with van der Waals surface area (Å²) in [4.78, 5) is 0. The number of aliphatic hydroxyl groups is 1. The van der Waals surface area contributed by atoms with Gasteiger partial charge in [0.25, 0.3) is 0 Å². The van der Waals surface area contributed by atoms with Crippen molar-refractivity contribution in [3.8, 4) is 0 Å². The first kappa shape index (κ1) is 17.9. The third kappa shape index (κ3) is 12.4. The highest BCUT2D eigenvalue weighted by atomic mass is 16.3. The van der Waals surface area contributed by atoms with Crippen LogP contribution in [0.15, 0.2) is 0 Å². The zero-order valence-electron chi connectivity index (χ0n) is 12.9. The predicted octanol–water partition coefficient (Wildman–Crippen LogP) is 4.27. The van der Waals surface area contributed by atoms with Crippen molar-refractivity contribution in [2.75, 3.05) is 13.1 Å². The summed E-state index contributed by atoms with van der Waals surface area (Å²) in [5.74, 6) is 0. The van der Waals surface area contributed by atoms with Crippen LogP contribution in [-0.4, -0.2) is 23.8 Å². The summed E-state index contributed by atoms with van der Waals surface area (Å²) in [6, 6.07) is 0. The first-order valence-electron chi connectivity index (χ1n) is 8.05. The van der Waals surface area contributed by atoms with Gasteiger partial charge in [0.1, 0.15) is 0 Å². The molecule has 0 bridgehead atoms. The van der Waals surface area contributed by atoms with E-state index in [0.29, 0.717) is 0 Å². The highest BCUT2D eigenvalue weighted by molar-refractivity contribution is 4.75. The highest BCUT2D eigenvalue weighted by Gasteiger charge is 2.18. The van der Waals surface area contributed by atoms with Gasteiger partial charge in [0.15, 0.2) is 0 Å². The van der Waals surface area contributed by atoms with Gasteiger partial charge >= 0.3 is 0 Å². The summed E-state index contributed by atoms with van der Waals surface area (Å²) >= 11 is 0. The third-order valence-electron chi connectivity index (χ3n) is 3.50. The van der Waals surface area contributed by atoms with Gasteiger partial charge in [-0.15, -0.1) is 0 Å². The van der Waals surface area contributed by atoms with Crippen LogP contribution in [0, 0.1) is 0 Å². The maximum Gasteiger partial charge on any atom is 0.0743 e. The van der Waals surface area contributed by atoms with Crippen molar-refractivity contribution in [3.63, 3.8) is 0 Å². The Balaban J connectivity index is 3.30. The van der Waals surface area contributed by atoms with Crippen LogP contribution in [0.25, 0.3) is 0 Å². The van der Waals surface area contributed by atoms with Crippen LogP contribution in [0.3, 0.4) is 0 Å². The van der Waals surface area contributed by atoms with E-state index in [1.165, 1.54) is 44.9 Å². The second-order valence-corrected chi connectivity index (χ2v) is 5.90. The van der Waals surface area contributed by atoms with E-state index in [1.54, 1.807) is 0 Å². The van der Waals surface area contributed by atoms with Crippen LogP contribution < -0.4 is 5.32 Å². The van der Waals surface area contributed by atoms with Crippen molar-refractivity contribution >= 4 is 0 Å². The molecule has 0 aliphatic heterocycles. The molecule has 0 aromatic carbocycles. The van der Waals surface area contributed by atoms with E-state index in [1.807, 2.05) is 6.92 Å². The van der Waals surface area contributed by atoms with E-state index < -0.39 is 5.60 Å². The van der Waals surface area contributed by atoms with E-state index in [0.717, 1.165) is 32.4 Å². The summed E-state index contributed by atoms with van der Waals surface area (Å²) in [5.41, 5.74) is -0.516. The molecule has 0 amide bonds. The number of unbranched alkanes of at least 4 members (excludes halogenated alkanes) is 7. The SMILES string of the molecule is CCCCCCCCCCC(C)(O)CNCCC. The second-order valence-electron chi connectivity index (χ2n) is 5.90. The first-order chi connectivity index (χ1) is 8.62. The lowest BCUT2D eigenvalue weighted by molar-refractivity contribution is 0.0483. The number of nitrogens with one attached hydrogen (secondary N) is 1. The lowest BCUT2D eigenvalue weighted by atomic mass is 9.97. The predicted molar refractivity (Wildman–Crippen MR) is 81.0 cm³/mol. The summed E-state index contributed by atoms with van der Waals surface area (Å²) in [5, 5.41) is 13.5. The molecule has 110 valence electrons. The normalized spacial score (nSPS) is 14.7. The number of hydrogen-bond donors (Lipinski definition) is 2. The van der Waals surface area contributed by atoms with Crippen LogP contribution in [-0.2, 0) is 0 Å². The molecule has 1 atom stereocenters. The molecule has 18 heavy (non-hydrogen) atoms. The molecule has 2 heteroatoms. The fraction of sp³-hybridized carbons (Fsp3) is 1.00. The van der Waals surface area contributed by atoms with Crippen LogP contribution in [0.4, 0.5) is 0 Å². The average molecular weight is 257 g/mol. The molecule has 0 saturated heterocycles. The molecule has 0 saturated carbocycles. The summed E-state index contributed by atoms with van der Waals surface area (Å²) in [6.07, 6.45) is 12.7. The Hall–Kier alpha value is -0.0800. The van der Waals surface area contributed by atoms with E-state index in [9.17, 15) is 5.11 Å². The Kier molecular flexibility index (Phi) is 11.9. The van der Waals surface area contributed by atoms with Crippen LogP contribution in [0.2, 0.25) is 0 Å². The minimum Gasteiger partial charge on any atom is -0.389 e. The average Bonchev–Trinajstić information content (AvgIpc) is 2.33. The molecule has 2 nitrogen and oxygen atoms in total. The first-order valence-corrected chi connectivity index (χ1v) is 8.05. The van der Waals surface area contributed by atoms with Gasteiger partial charge in [0.05, 0.1) is 5.60 Å². The molecule has 2 N–H and O–H groups in total. The van der Waals surface area contributed by atoms with Gasteiger partial charge in [-0.3, -0.25) is 0 Å². The van der Waals surface area contributed by atoms with Gasteiger partial charge in [-0.25, -0.2) is 0 Å². The molecule has 0 spiro atoms. The van der Waals surface area contributed by atoms with Crippen molar-refractivity contribution < 1.29 is 5.11 Å². The molecule has 0 aliphatic carbocycles. The van der Waals surface area contributed by atoms with Crippen molar-refractivity contribution in [1.29, 1.82) is 0 Å². The fourth-order valence-electron chi connectivity index (χ4n) is 2.26. The minimum absolute atomic E-state index is 0.516. The Morgan fingerprint density at radius 1 is 0.833 bits per heavy atom. The minimum atomic E-state index is -0.516. The van der Waals surface area contributed by atoms with E-state index >= 15 is 0 Å². The van der Waals surface area contributed by atoms with Crippen LogP contribution >= 0.6 is 0 Å². The Morgan fingerprint density at radius 2 is 1.39 bits per heavy atom. The smallest absolute Gasteiger partial charge is 0.0743 e. The Morgan fingerprint density at radius 3 is 1.94 bits per heavy atom. The largest absolute Gasteiger partial charge is 0.389 e. The zero-order chi connectivity index (χ0) is 13.7. The van der Waals surface area contributed by atoms with Crippen molar-refractivity contribution in [3.05, 3.63) is 0 Å². The molecule has 0 aliphatic rings. The maximum atomic E-state index is 10.2. The number of hydrogen-bond acceptors (Lipinski definition) is 2. The zero-order valence-corrected chi connectivity index (χ0v) is 12.9. The number of rotatable bonds is 13. The Labute approximate surface area is 115 Å². The maximum absolute atomic E-state index is 10.2. The molecule has 1 unspecified atom stereocenters. The van der Waals surface area contributed by atoms with Gasteiger partial charge < -0.3 is 10.4 Å². The lowest BCUT2D eigenvalue weighted by Gasteiger charge is -2.23. The Bertz CT molecular complexity index is 168. The summed E-state index contributed by atoms with van der Waals surface area (Å²) in [6.45, 7) is 8.11. The molecule has 0 aromatic rings. The van der Waals surface area contributed by atoms with Crippen LogP contribution in [0.1, 0.15) is 85.0 Å². The van der Waals surface area contributed by atoms with Gasteiger partial charge in [-0.1, -0.05) is 65.2 Å². The molecule has 0 radical (unpaired) electrons. The van der Waals surface area contributed by atoms with Crippen molar-refractivity contribution in [1.82, 2.24) is 5.32 Å². The second kappa shape index (κ2) is 12.0.